The van der Waals surface area contributed by atoms with Gasteiger partial charge in [-0.15, -0.1) is 11.3 Å². The van der Waals surface area contributed by atoms with Crippen molar-refractivity contribution >= 4 is 29.2 Å². The first-order chi connectivity index (χ1) is 12.7. The van der Waals surface area contributed by atoms with Crippen molar-refractivity contribution in [3.63, 3.8) is 0 Å². The lowest BCUT2D eigenvalue weighted by Gasteiger charge is -2.21. The van der Waals surface area contributed by atoms with Crippen LogP contribution in [0.25, 0.3) is 6.08 Å². The summed E-state index contributed by atoms with van der Waals surface area (Å²) in [5, 5.41) is 5.00. The third-order valence-electron chi connectivity index (χ3n) is 4.69. The Morgan fingerprint density at radius 2 is 1.88 bits per heavy atom. The molecule has 134 valence electrons. The second-order valence-corrected chi connectivity index (χ2v) is 7.97. The summed E-state index contributed by atoms with van der Waals surface area (Å²) in [6.07, 6.45) is 7.86. The average molecular weight is 366 g/mol. The molecule has 0 saturated heterocycles. The zero-order valence-electron chi connectivity index (χ0n) is 14.6. The van der Waals surface area contributed by atoms with Crippen molar-refractivity contribution in [1.29, 1.82) is 0 Å². The second-order valence-electron chi connectivity index (χ2n) is 6.99. The predicted octanol–water partition coefficient (Wildman–Crippen LogP) is 3.84. The van der Waals surface area contributed by atoms with Crippen molar-refractivity contribution in [2.75, 3.05) is 0 Å². The lowest BCUT2D eigenvalue weighted by Crippen LogP contribution is -2.31. The van der Waals surface area contributed by atoms with Gasteiger partial charge in [-0.25, -0.2) is 0 Å². The highest BCUT2D eigenvalue weighted by Crippen LogP contribution is 2.29. The number of thiophene rings is 1. The molecule has 0 bridgehead atoms. The molecule has 0 radical (unpaired) electrons. The molecule has 1 heterocycles. The van der Waals surface area contributed by atoms with Crippen LogP contribution in [0.3, 0.4) is 0 Å². The zero-order valence-corrected chi connectivity index (χ0v) is 15.4. The highest BCUT2D eigenvalue weighted by atomic mass is 32.1. The quantitative estimate of drug-likeness (QED) is 0.757. The molecule has 1 aromatic heterocycles. The fourth-order valence-corrected chi connectivity index (χ4v) is 3.48. The molecule has 2 saturated carbocycles. The second kappa shape index (κ2) is 7.46. The summed E-state index contributed by atoms with van der Waals surface area (Å²) in [5.74, 6) is 0.0458. The molecule has 4 rings (SSSR count). The maximum Gasteiger partial charge on any atom is 0.251 e. The van der Waals surface area contributed by atoms with E-state index in [9.17, 15) is 9.59 Å². The third-order valence-corrected chi connectivity index (χ3v) is 5.52. The highest BCUT2D eigenvalue weighted by Gasteiger charge is 2.31. The van der Waals surface area contributed by atoms with E-state index >= 15 is 0 Å². The van der Waals surface area contributed by atoms with E-state index in [0.29, 0.717) is 24.2 Å². The maximum atomic E-state index is 12.6. The number of rotatable bonds is 7. The van der Waals surface area contributed by atoms with Crippen LogP contribution in [-0.2, 0) is 11.3 Å². The maximum absolute atomic E-state index is 12.6. The summed E-state index contributed by atoms with van der Waals surface area (Å²) in [6.45, 7) is 0.586. The van der Waals surface area contributed by atoms with Crippen molar-refractivity contribution in [2.45, 2.75) is 44.3 Å². The molecule has 0 unspecified atom stereocenters. The summed E-state index contributed by atoms with van der Waals surface area (Å²) >= 11 is 1.62. The first-order valence-electron chi connectivity index (χ1n) is 9.11. The van der Waals surface area contributed by atoms with E-state index in [-0.39, 0.29) is 11.8 Å². The van der Waals surface area contributed by atoms with Crippen molar-refractivity contribution < 1.29 is 9.59 Å². The molecule has 5 heteroatoms. The van der Waals surface area contributed by atoms with Gasteiger partial charge in [0.25, 0.3) is 5.91 Å². The van der Waals surface area contributed by atoms with E-state index in [2.05, 4.69) is 5.32 Å². The van der Waals surface area contributed by atoms with E-state index in [1.807, 2.05) is 52.8 Å². The molecule has 0 spiro atoms. The van der Waals surface area contributed by atoms with Gasteiger partial charge in [-0.1, -0.05) is 18.2 Å². The largest absolute Gasteiger partial charge is 0.349 e. The Hall–Kier alpha value is -2.40. The van der Waals surface area contributed by atoms with Gasteiger partial charge in [0, 0.05) is 35.1 Å². The van der Waals surface area contributed by atoms with Gasteiger partial charge in [0.2, 0.25) is 5.91 Å². The SMILES string of the molecule is O=C(NC1CC1)c1ccc(CN(C(=O)/C=C/c2cccs2)C2CC2)cc1. The summed E-state index contributed by atoms with van der Waals surface area (Å²) in [7, 11) is 0. The van der Waals surface area contributed by atoms with Gasteiger partial charge < -0.3 is 10.2 Å². The Kier molecular flexibility index (Phi) is 4.89. The smallest absolute Gasteiger partial charge is 0.251 e. The highest BCUT2D eigenvalue weighted by molar-refractivity contribution is 7.10. The monoisotopic (exact) mass is 366 g/mol. The molecular formula is C21H22N2O2S. The first-order valence-corrected chi connectivity index (χ1v) is 9.99. The number of hydrogen-bond acceptors (Lipinski definition) is 3. The van der Waals surface area contributed by atoms with Crippen LogP contribution in [0.1, 0.15) is 46.5 Å². The van der Waals surface area contributed by atoms with Crippen LogP contribution >= 0.6 is 11.3 Å². The van der Waals surface area contributed by atoms with E-state index in [4.69, 9.17) is 0 Å². The molecule has 26 heavy (non-hydrogen) atoms. The van der Waals surface area contributed by atoms with Gasteiger partial charge in [0.15, 0.2) is 0 Å². The molecule has 2 aromatic rings. The van der Waals surface area contributed by atoms with E-state index in [0.717, 1.165) is 36.1 Å². The standard InChI is InChI=1S/C21H22N2O2S/c24-20(12-11-19-2-1-13-26-19)23(18-9-10-18)14-15-3-5-16(6-4-15)21(25)22-17-7-8-17/h1-6,11-13,17-18H,7-10,14H2,(H,22,25)/b12-11+. The van der Waals surface area contributed by atoms with Crippen LogP contribution in [0.2, 0.25) is 0 Å². The summed E-state index contributed by atoms with van der Waals surface area (Å²) in [6, 6.07) is 12.3. The van der Waals surface area contributed by atoms with E-state index < -0.39 is 0 Å². The van der Waals surface area contributed by atoms with Crippen LogP contribution in [0, 0.1) is 0 Å². The molecule has 2 fully saturated rings. The van der Waals surface area contributed by atoms with Gasteiger partial charge in [0.1, 0.15) is 0 Å². The number of carbonyl (C=O) groups is 2. The number of amides is 2. The minimum absolute atomic E-state index is 0.00643. The minimum atomic E-state index is -0.00643. The van der Waals surface area contributed by atoms with Crippen LogP contribution in [0.5, 0.6) is 0 Å². The number of carbonyl (C=O) groups excluding carboxylic acids is 2. The van der Waals surface area contributed by atoms with Crippen molar-refractivity contribution in [2.24, 2.45) is 0 Å². The van der Waals surface area contributed by atoms with Crippen LogP contribution in [0.15, 0.2) is 47.9 Å². The molecule has 1 aromatic carbocycles. The lowest BCUT2D eigenvalue weighted by molar-refractivity contribution is -0.127. The van der Waals surface area contributed by atoms with Gasteiger partial charge in [-0.3, -0.25) is 9.59 Å². The lowest BCUT2D eigenvalue weighted by atomic mass is 10.1. The zero-order chi connectivity index (χ0) is 17.9. The molecule has 4 nitrogen and oxygen atoms in total. The van der Waals surface area contributed by atoms with Crippen molar-refractivity contribution in [3.8, 4) is 0 Å². The van der Waals surface area contributed by atoms with Crippen molar-refractivity contribution in [1.82, 2.24) is 10.2 Å². The van der Waals surface area contributed by atoms with E-state index in [1.165, 1.54) is 0 Å². The first kappa shape index (κ1) is 17.0. The average Bonchev–Trinajstić information content (AvgIpc) is 3.58. The number of nitrogens with one attached hydrogen (secondary N) is 1. The Labute approximate surface area is 157 Å². The van der Waals surface area contributed by atoms with Gasteiger partial charge in [0.05, 0.1) is 0 Å². The van der Waals surface area contributed by atoms with Gasteiger partial charge in [-0.05, 0) is 60.9 Å². The Balaban J connectivity index is 1.39. The summed E-state index contributed by atoms with van der Waals surface area (Å²) in [4.78, 5) is 27.7. The normalized spacial score (nSPS) is 16.6. The Bertz CT molecular complexity index is 803. The Morgan fingerprint density at radius 3 is 2.50 bits per heavy atom. The molecule has 0 atom stereocenters. The van der Waals surface area contributed by atoms with Crippen LogP contribution in [-0.4, -0.2) is 28.8 Å². The summed E-state index contributed by atoms with van der Waals surface area (Å²) in [5.41, 5.74) is 1.74. The number of hydrogen-bond donors (Lipinski definition) is 1. The molecular weight excluding hydrogens is 344 g/mol. The van der Waals surface area contributed by atoms with Gasteiger partial charge in [-0.2, -0.15) is 0 Å². The molecule has 2 aliphatic rings. The predicted molar refractivity (Wildman–Crippen MR) is 104 cm³/mol. The number of benzene rings is 1. The minimum Gasteiger partial charge on any atom is -0.349 e. The molecule has 2 amide bonds. The molecule has 1 N–H and O–H groups in total. The van der Waals surface area contributed by atoms with Crippen molar-refractivity contribution in [3.05, 3.63) is 63.9 Å². The summed E-state index contributed by atoms with van der Waals surface area (Å²) < 4.78 is 0. The number of nitrogens with zero attached hydrogens (tertiary/aromatic N) is 1. The Morgan fingerprint density at radius 1 is 1.12 bits per heavy atom. The third kappa shape index (κ3) is 4.41. The van der Waals surface area contributed by atoms with Gasteiger partial charge >= 0.3 is 0 Å². The van der Waals surface area contributed by atoms with Crippen LogP contribution < -0.4 is 5.32 Å². The topological polar surface area (TPSA) is 49.4 Å². The van der Waals surface area contributed by atoms with Crippen LogP contribution in [0.4, 0.5) is 0 Å². The fourth-order valence-electron chi connectivity index (χ4n) is 2.86. The fraction of sp³-hybridized carbons (Fsp3) is 0.333. The van der Waals surface area contributed by atoms with E-state index in [1.54, 1.807) is 17.4 Å². The molecule has 0 aliphatic heterocycles. The molecule has 2 aliphatic carbocycles.